The van der Waals surface area contributed by atoms with E-state index in [0.717, 1.165) is 28.0 Å². The third-order valence-corrected chi connectivity index (χ3v) is 5.28. The Labute approximate surface area is 183 Å². The average Bonchev–Trinajstić information content (AvgIpc) is 3.21. The molecule has 0 fully saturated rings. The number of nitrogens with zero attached hydrogens (tertiary/aromatic N) is 3. The van der Waals surface area contributed by atoms with E-state index in [9.17, 15) is 4.79 Å². The number of rotatable bonds is 4. The fraction of sp³-hybridized carbons (Fsp3) is 0.0833. The van der Waals surface area contributed by atoms with Crippen LogP contribution in [0.5, 0.6) is 0 Å². The molecule has 152 valence electrons. The Balaban J connectivity index is 1.49. The van der Waals surface area contributed by atoms with E-state index in [-0.39, 0.29) is 18.2 Å². The molecule has 1 N–H and O–H groups in total. The molecule has 0 spiro atoms. The molecule has 1 atom stereocenters. The third kappa shape index (κ3) is 3.98. The Hall–Kier alpha value is -3.77. The molecule has 5 rings (SSSR count). The van der Waals surface area contributed by atoms with Crippen LogP contribution in [0.15, 0.2) is 88.3 Å². The molecule has 31 heavy (non-hydrogen) atoms. The molecular weight excluding hydrogens is 412 g/mol. The summed E-state index contributed by atoms with van der Waals surface area (Å²) in [4.78, 5) is 17.8. The summed E-state index contributed by atoms with van der Waals surface area (Å²) in [5, 5.41) is 11.7. The van der Waals surface area contributed by atoms with Crippen LogP contribution in [-0.2, 0) is 11.2 Å². The summed E-state index contributed by atoms with van der Waals surface area (Å²) in [6.07, 6.45) is -0.590. The summed E-state index contributed by atoms with van der Waals surface area (Å²) in [7, 11) is 0. The number of anilines is 1. The van der Waals surface area contributed by atoms with Gasteiger partial charge in [-0.1, -0.05) is 71.3 Å². The molecule has 0 aliphatic carbocycles. The van der Waals surface area contributed by atoms with Gasteiger partial charge in [0, 0.05) is 28.1 Å². The van der Waals surface area contributed by atoms with Gasteiger partial charge in [-0.25, -0.2) is 0 Å². The number of carbonyl (C=O) groups excluding carboxylic acids is 1. The van der Waals surface area contributed by atoms with Gasteiger partial charge in [0.1, 0.15) is 0 Å². The second-order valence-corrected chi connectivity index (χ2v) is 7.55. The molecule has 0 amide bonds. The van der Waals surface area contributed by atoms with Crippen molar-refractivity contribution in [3.63, 3.8) is 0 Å². The molecule has 7 heteroatoms. The molecule has 0 saturated carbocycles. The summed E-state index contributed by atoms with van der Waals surface area (Å²) in [6, 6.07) is 24.8. The average molecular weight is 429 g/mol. The van der Waals surface area contributed by atoms with E-state index < -0.39 is 6.17 Å². The highest BCUT2D eigenvalue weighted by Gasteiger charge is 2.27. The summed E-state index contributed by atoms with van der Waals surface area (Å²) in [6.45, 7) is 0. The lowest BCUT2D eigenvalue weighted by Crippen LogP contribution is -2.29. The first-order valence-corrected chi connectivity index (χ1v) is 10.2. The molecule has 0 radical (unpaired) electrons. The fourth-order valence-corrected chi connectivity index (χ4v) is 3.63. The number of benzene rings is 3. The lowest BCUT2D eigenvalue weighted by molar-refractivity contribution is -0.119. The molecule has 6 nitrogen and oxygen atoms in total. The van der Waals surface area contributed by atoms with E-state index in [1.807, 2.05) is 54.6 Å². The topological polar surface area (TPSA) is 80.4 Å². The zero-order valence-corrected chi connectivity index (χ0v) is 17.1. The van der Waals surface area contributed by atoms with Gasteiger partial charge < -0.3 is 9.73 Å². The maximum atomic E-state index is 13.0. The van der Waals surface area contributed by atoms with Crippen LogP contribution >= 0.6 is 11.6 Å². The van der Waals surface area contributed by atoms with Crippen molar-refractivity contribution in [2.24, 2.45) is 4.99 Å². The van der Waals surface area contributed by atoms with E-state index >= 15 is 0 Å². The minimum Gasteiger partial charge on any atom is -0.403 e. The molecule has 1 aliphatic rings. The molecule has 1 aromatic heterocycles. The van der Waals surface area contributed by atoms with Crippen molar-refractivity contribution in [1.82, 2.24) is 10.2 Å². The Bertz CT molecular complexity index is 1270. The van der Waals surface area contributed by atoms with E-state index in [2.05, 4.69) is 15.5 Å². The second kappa shape index (κ2) is 8.16. The van der Waals surface area contributed by atoms with Crippen LogP contribution in [0, 0.1) is 0 Å². The van der Waals surface area contributed by atoms with Gasteiger partial charge in [-0.15, -0.1) is 5.10 Å². The second-order valence-electron chi connectivity index (χ2n) is 7.11. The number of nitrogens with one attached hydrogen (secondary N) is 1. The van der Waals surface area contributed by atoms with Crippen molar-refractivity contribution in [3.05, 3.63) is 101 Å². The molecule has 4 aromatic rings. The van der Waals surface area contributed by atoms with E-state index in [1.54, 1.807) is 24.3 Å². The van der Waals surface area contributed by atoms with Crippen molar-refractivity contribution in [3.8, 4) is 11.5 Å². The zero-order valence-electron chi connectivity index (χ0n) is 16.3. The van der Waals surface area contributed by atoms with Gasteiger partial charge in [0.25, 0.3) is 0 Å². The van der Waals surface area contributed by atoms with E-state index in [1.165, 1.54) is 0 Å². The van der Waals surface area contributed by atoms with Crippen LogP contribution in [0.3, 0.4) is 0 Å². The van der Waals surface area contributed by atoms with Crippen molar-refractivity contribution >= 4 is 29.1 Å². The normalized spacial score (nSPS) is 15.7. The van der Waals surface area contributed by atoms with Gasteiger partial charge in [0.2, 0.25) is 5.89 Å². The molecule has 3 aromatic carbocycles. The SMILES string of the molecule is O=C1Cc2ccccc2C(c2ccccc2)=N[C@@H]1Nc1nnc(-c2ccc(Cl)cc2)o1. The highest BCUT2D eigenvalue weighted by molar-refractivity contribution is 6.30. The quantitative estimate of drug-likeness (QED) is 0.505. The number of fused-ring (bicyclic) bond motifs is 1. The Morgan fingerprint density at radius 3 is 2.42 bits per heavy atom. The summed E-state index contributed by atoms with van der Waals surface area (Å²) >= 11 is 5.94. The number of aromatic nitrogens is 2. The Morgan fingerprint density at radius 2 is 1.61 bits per heavy atom. The molecule has 2 heterocycles. The number of Topliss-reactive ketones (excluding diaryl/α,β-unsaturated/α-hetero) is 1. The van der Waals surface area contributed by atoms with Crippen molar-refractivity contribution in [1.29, 1.82) is 0 Å². The van der Waals surface area contributed by atoms with Crippen LogP contribution in [-0.4, -0.2) is 27.9 Å². The number of halogens is 1. The largest absolute Gasteiger partial charge is 0.403 e. The number of carbonyl (C=O) groups is 1. The van der Waals surface area contributed by atoms with Gasteiger partial charge in [-0.2, -0.15) is 0 Å². The first-order valence-electron chi connectivity index (χ1n) is 9.77. The monoisotopic (exact) mass is 428 g/mol. The number of ketones is 1. The summed E-state index contributed by atoms with van der Waals surface area (Å²) in [5.74, 6) is 0.250. The molecule has 0 bridgehead atoms. The van der Waals surface area contributed by atoms with Crippen molar-refractivity contribution < 1.29 is 9.21 Å². The van der Waals surface area contributed by atoms with Gasteiger partial charge in [-0.3, -0.25) is 9.79 Å². The van der Waals surface area contributed by atoms with E-state index in [4.69, 9.17) is 21.0 Å². The van der Waals surface area contributed by atoms with Crippen LogP contribution < -0.4 is 5.32 Å². The minimum atomic E-state index is -0.846. The summed E-state index contributed by atoms with van der Waals surface area (Å²) < 4.78 is 5.72. The van der Waals surface area contributed by atoms with Gasteiger partial charge in [-0.05, 0) is 29.8 Å². The van der Waals surface area contributed by atoms with Gasteiger partial charge >= 0.3 is 6.01 Å². The van der Waals surface area contributed by atoms with Crippen LogP contribution in [0.25, 0.3) is 11.5 Å². The van der Waals surface area contributed by atoms with Gasteiger partial charge in [0.15, 0.2) is 11.9 Å². The highest BCUT2D eigenvalue weighted by Crippen LogP contribution is 2.25. The first-order chi connectivity index (χ1) is 15.2. The predicted molar refractivity (Wildman–Crippen MR) is 119 cm³/mol. The lowest BCUT2D eigenvalue weighted by Gasteiger charge is -2.11. The summed E-state index contributed by atoms with van der Waals surface area (Å²) in [5.41, 5.74) is 4.30. The number of hydrogen-bond donors (Lipinski definition) is 1. The lowest BCUT2D eigenvalue weighted by atomic mass is 9.96. The highest BCUT2D eigenvalue weighted by atomic mass is 35.5. The standard InChI is InChI=1S/C24H17ClN4O2/c25-18-12-10-16(11-13-18)23-28-29-24(31-23)27-22-20(30)14-17-8-4-5-9-19(17)21(26-22)15-6-2-1-3-7-15/h1-13,22H,14H2,(H,27,29)/t22-/m1/s1. The van der Waals surface area contributed by atoms with Crippen LogP contribution in [0.4, 0.5) is 6.01 Å². The minimum absolute atomic E-state index is 0.0791. The maximum Gasteiger partial charge on any atom is 0.317 e. The molecule has 0 unspecified atom stereocenters. The predicted octanol–water partition coefficient (Wildman–Crippen LogP) is 4.79. The molecule has 0 saturated heterocycles. The maximum absolute atomic E-state index is 13.0. The smallest absolute Gasteiger partial charge is 0.317 e. The number of hydrogen-bond acceptors (Lipinski definition) is 6. The number of aliphatic imine (C=N–C) groups is 1. The molecular formula is C24H17ClN4O2. The van der Waals surface area contributed by atoms with Gasteiger partial charge in [0.05, 0.1) is 5.71 Å². The third-order valence-electron chi connectivity index (χ3n) is 5.02. The first kappa shape index (κ1) is 19.2. The zero-order chi connectivity index (χ0) is 21.2. The van der Waals surface area contributed by atoms with Crippen LogP contribution in [0.1, 0.15) is 16.7 Å². The molecule has 1 aliphatic heterocycles. The van der Waals surface area contributed by atoms with Crippen molar-refractivity contribution in [2.75, 3.05) is 5.32 Å². The Morgan fingerprint density at radius 1 is 0.871 bits per heavy atom. The fourth-order valence-electron chi connectivity index (χ4n) is 3.51. The van der Waals surface area contributed by atoms with Crippen LogP contribution in [0.2, 0.25) is 5.02 Å². The van der Waals surface area contributed by atoms with Crippen molar-refractivity contribution in [2.45, 2.75) is 12.6 Å². The Kier molecular flexibility index (Phi) is 5.06. The van der Waals surface area contributed by atoms with E-state index in [0.29, 0.717) is 10.9 Å².